The first-order valence-electron chi connectivity index (χ1n) is 12.4. The van der Waals surface area contributed by atoms with Crippen LogP contribution in [-0.4, -0.2) is 5.11 Å². The number of unbranched alkanes of at least 4 members (excludes halogenated alkanes) is 5. The summed E-state index contributed by atoms with van der Waals surface area (Å²) in [6.45, 7) is 11.3. The van der Waals surface area contributed by atoms with Gasteiger partial charge in [0.25, 0.3) is 0 Å². The van der Waals surface area contributed by atoms with E-state index >= 15 is 0 Å². The van der Waals surface area contributed by atoms with Gasteiger partial charge >= 0.3 is 0 Å². The fourth-order valence-corrected chi connectivity index (χ4v) is 4.42. The zero-order valence-corrected chi connectivity index (χ0v) is 19.7. The molecule has 0 unspecified atom stereocenters. The van der Waals surface area contributed by atoms with E-state index in [1.165, 1.54) is 62.5 Å². The van der Waals surface area contributed by atoms with Crippen molar-refractivity contribution in [2.24, 2.45) is 0 Å². The van der Waals surface area contributed by atoms with Crippen LogP contribution >= 0.6 is 0 Å². The van der Waals surface area contributed by atoms with Crippen molar-refractivity contribution in [3.05, 3.63) is 34.4 Å². The first-order chi connectivity index (χ1) is 13.6. The van der Waals surface area contributed by atoms with Gasteiger partial charge in [-0.05, 0) is 73.6 Å². The van der Waals surface area contributed by atoms with Gasteiger partial charge in [-0.25, -0.2) is 0 Å². The molecule has 0 radical (unpaired) electrons. The molecule has 1 rings (SSSR count). The van der Waals surface area contributed by atoms with Crippen molar-refractivity contribution in [2.75, 3.05) is 0 Å². The van der Waals surface area contributed by atoms with E-state index in [0.29, 0.717) is 0 Å². The third-order valence-corrected chi connectivity index (χ3v) is 6.28. The molecule has 1 nitrogen and oxygen atoms in total. The molecule has 0 atom stereocenters. The van der Waals surface area contributed by atoms with E-state index < -0.39 is 5.60 Å². The third-order valence-electron chi connectivity index (χ3n) is 6.28. The SMILES string of the molecule is CCCCc1ccc(C(O)(CCCC)CCCC)c(CCCC)c1CCCC. The quantitative estimate of drug-likeness (QED) is 0.302. The Kier molecular flexibility index (Phi) is 12.8. The topological polar surface area (TPSA) is 20.2 Å². The Labute approximate surface area is 176 Å². The normalized spacial score (nSPS) is 11.9. The van der Waals surface area contributed by atoms with Crippen LogP contribution in [0.5, 0.6) is 0 Å². The molecule has 0 bridgehead atoms. The van der Waals surface area contributed by atoms with Gasteiger partial charge in [0.05, 0.1) is 5.60 Å². The number of rotatable bonds is 16. The molecule has 1 aromatic carbocycles. The standard InChI is InChI=1S/C27H48O/c1-6-11-16-23-19-20-26(27(28,21-14-9-4)22-15-10-5)25(18-13-8-3)24(23)17-12-7-2/h19-20,28H,6-18,21-22H2,1-5H3. The fraction of sp³-hybridized carbons (Fsp3) is 0.778. The van der Waals surface area contributed by atoms with E-state index in [9.17, 15) is 5.11 Å². The van der Waals surface area contributed by atoms with Crippen molar-refractivity contribution in [3.8, 4) is 0 Å². The van der Waals surface area contributed by atoms with E-state index in [1.807, 2.05) is 0 Å². The molecule has 1 N–H and O–H groups in total. The molecule has 162 valence electrons. The summed E-state index contributed by atoms with van der Waals surface area (Å²) in [6.07, 6.45) is 17.3. The summed E-state index contributed by atoms with van der Waals surface area (Å²) < 4.78 is 0. The van der Waals surface area contributed by atoms with Gasteiger partial charge in [-0.1, -0.05) is 91.7 Å². The Hall–Kier alpha value is -0.820. The average Bonchev–Trinajstić information content (AvgIpc) is 2.71. The Bertz CT molecular complexity index is 523. The molecule has 0 aliphatic heterocycles. The van der Waals surface area contributed by atoms with Crippen molar-refractivity contribution in [2.45, 2.75) is 137 Å². The minimum absolute atomic E-state index is 0.640. The first kappa shape index (κ1) is 25.2. The number of aryl methyl sites for hydroxylation is 1. The molecule has 0 aliphatic rings. The molecule has 0 saturated heterocycles. The van der Waals surface area contributed by atoms with Gasteiger partial charge in [0.15, 0.2) is 0 Å². The van der Waals surface area contributed by atoms with E-state index in [4.69, 9.17) is 0 Å². The van der Waals surface area contributed by atoms with Crippen LogP contribution in [0.3, 0.4) is 0 Å². The van der Waals surface area contributed by atoms with Gasteiger partial charge in [-0.2, -0.15) is 0 Å². The molecule has 0 spiro atoms. The lowest BCUT2D eigenvalue weighted by atomic mass is 9.77. The second kappa shape index (κ2) is 14.2. The predicted octanol–water partition coefficient (Wildman–Crippen LogP) is 8.28. The minimum Gasteiger partial charge on any atom is -0.385 e. The lowest BCUT2D eigenvalue weighted by Crippen LogP contribution is -2.28. The van der Waals surface area contributed by atoms with Crippen LogP contribution < -0.4 is 0 Å². The maximum absolute atomic E-state index is 11.8. The monoisotopic (exact) mass is 388 g/mol. The summed E-state index contributed by atoms with van der Waals surface area (Å²) >= 11 is 0. The lowest BCUT2D eigenvalue weighted by molar-refractivity contribution is 0.0132. The number of hydrogen-bond donors (Lipinski definition) is 1. The highest BCUT2D eigenvalue weighted by Crippen LogP contribution is 2.38. The number of hydrogen-bond acceptors (Lipinski definition) is 1. The van der Waals surface area contributed by atoms with Crippen LogP contribution in [0.15, 0.2) is 12.1 Å². The molecule has 0 heterocycles. The molecule has 0 aromatic heterocycles. The molecular weight excluding hydrogens is 340 g/mol. The van der Waals surface area contributed by atoms with Gasteiger partial charge < -0.3 is 5.11 Å². The van der Waals surface area contributed by atoms with Crippen molar-refractivity contribution in [1.82, 2.24) is 0 Å². The molecule has 28 heavy (non-hydrogen) atoms. The van der Waals surface area contributed by atoms with E-state index in [-0.39, 0.29) is 0 Å². The molecule has 0 aliphatic carbocycles. The fourth-order valence-electron chi connectivity index (χ4n) is 4.42. The Morgan fingerprint density at radius 1 is 0.607 bits per heavy atom. The van der Waals surface area contributed by atoms with Crippen LogP contribution in [0.2, 0.25) is 0 Å². The first-order valence-corrected chi connectivity index (χ1v) is 12.4. The Balaban J connectivity index is 3.46. The van der Waals surface area contributed by atoms with Crippen molar-refractivity contribution < 1.29 is 5.11 Å². The maximum Gasteiger partial charge on any atom is 0.0899 e. The largest absolute Gasteiger partial charge is 0.385 e. The zero-order chi connectivity index (χ0) is 20.8. The smallest absolute Gasteiger partial charge is 0.0899 e. The van der Waals surface area contributed by atoms with E-state index in [0.717, 1.165) is 44.9 Å². The third kappa shape index (κ3) is 7.54. The molecule has 0 amide bonds. The second-order valence-electron chi connectivity index (χ2n) is 8.78. The van der Waals surface area contributed by atoms with Crippen molar-refractivity contribution in [3.63, 3.8) is 0 Å². The maximum atomic E-state index is 11.8. The number of aliphatic hydroxyl groups is 1. The van der Waals surface area contributed by atoms with Gasteiger partial charge in [0, 0.05) is 0 Å². The van der Waals surface area contributed by atoms with Gasteiger partial charge in [0.1, 0.15) is 0 Å². The van der Waals surface area contributed by atoms with Crippen LogP contribution in [0.1, 0.15) is 134 Å². The van der Waals surface area contributed by atoms with E-state index in [1.54, 1.807) is 11.1 Å². The van der Waals surface area contributed by atoms with Crippen LogP contribution in [0.25, 0.3) is 0 Å². The summed E-state index contributed by atoms with van der Waals surface area (Å²) in [4.78, 5) is 0. The van der Waals surface area contributed by atoms with Crippen LogP contribution in [0, 0.1) is 0 Å². The Morgan fingerprint density at radius 3 is 1.57 bits per heavy atom. The highest BCUT2D eigenvalue weighted by molar-refractivity contribution is 5.44. The summed E-state index contributed by atoms with van der Waals surface area (Å²) in [5, 5.41) is 11.8. The van der Waals surface area contributed by atoms with E-state index in [2.05, 4.69) is 46.8 Å². The minimum atomic E-state index is -0.640. The van der Waals surface area contributed by atoms with Gasteiger partial charge in [0.2, 0.25) is 0 Å². The summed E-state index contributed by atoms with van der Waals surface area (Å²) in [5.74, 6) is 0. The predicted molar refractivity (Wildman–Crippen MR) is 125 cm³/mol. The summed E-state index contributed by atoms with van der Waals surface area (Å²) in [7, 11) is 0. The molecule has 0 fully saturated rings. The van der Waals surface area contributed by atoms with Crippen LogP contribution in [-0.2, 0) is 24.9 Å². The molecule has 0 saturated carbocycles. The molecule has 1 heteroatoms. The van der Waals surface area contributed by atoms with Crippen LogP contribution in [0.4, 0.5) is 0 Å². The summed E-state index contributed by atoms with van der Waals surface area (Å²) in [5.41, 5.74) is 5.29. The molecule has 1 aromatic rings. The summed E-state index contributed by atoms with van der Waals surface area (Å²) in [6, 6.07) is 4.69. The zero-order valence-electron chi connectivity index (χ0n) is 19.7. The van der Waals surface area contributed by atoms with Crippen molar-refractivity contribution in [1.29, 1.82) is 0 Å². The Morgan fingerprint density at radius 2 is 1.07 bits per heavy atom. The number of benzene rings is 1. The van der Waals surface area contributed by atoms with Gasteiger partial charge in [-0.3, -0.25) is 0 Å². The lowest BCUT2D eigenvalue weighted by Gasteiger charge is -2.33. The second-order valence-corrected chi connectivity index (χ2v) is 8.78. The highest BCUT2D eigenvalue weighted by atomic mass is 16.3. The molecular formula is C27H48O. The average molecular weight is 389 g/mol. The van der Waals surface area contributed by atoms with Crippen molar-refractivity contribution >= 4 is 0 Å². The highest BCUT2D eigenvalue weighted by Gasteiger charge is 2.31. The van der Waals surface area contributed by atoms with Gasteiger partial charge in [-0.15, -0.1) is 0 Å².